The summed E-state index contributed by atoms with van der Waals surface area (Å²) in [6, 6.07) is 15.0. The first-order chi connectivity index (χ1) is 13.0. The van der Waals surface area contributed by atoms with Crippen molar-refractivity contribution in [2.24, 2.45) is 0 Å². The SMILES string of the molecule is CCN(CC(=O)Nc1cccc(OC)c1)C(=O)C1(c2cccc(Br)c2)CC1. The molecule has 142 valence electrons. The van der Waals surface area contributed by atoms with E-state index in [1.165, 1.54) is 0 Å². The number of likely N-dealkylation sites (N-methyl/N-ethyl adjacent to an activating group) is 1. The van der Waals surface area contributed by atoms with Gasteiger partial charge < -0.3 is 15.0 Å². The van der Waals surface area contributed by atoms with Gasteiger partial charge in [0.25, 0.3) is 0 Å². The first kappa shape index (κ1) is 19.4. The Morgan fingerprint density at radius 1 is 1.19 bits per heavy atom. The van der Waals surface area contributed by atoms with E-state index in [2.05, 4.69) is 21.2 Å². The Labute approximate surface area is 167 Å². The van der Waals surface area contributed by atoms with Crippen LogP contribution >= 0.6 is 15.9 Å². The topological polar surface area (TPSA) is 58.6 Å². The molecule has 0 atom stereocenters. The molecular weight excluding hydrogens is 408 g/mol. The normalized spacial score (nSPS) is 14.3. The molecule has 5 nitrogen and oxygen atoms in total. The summed E-state index contributed by atoms with van der Waals surface area (Å²) in [6.45, 7) is 2.41. The van der Waals surface area contributed by atoms with Crippen LogP contribution in [0.15, 0.2) is 53.0 Å². The van der Waals surface area contributed by atoms with Gasteiger partial charge in [0.1, 0.15) is 5.75 Å². The second kappa shape index (κ2) is 8.13. The first-order valence-electron chi connectivity index (χ1n) is 8.98. The van der Waals surface area contributed by atoms with Crippen molar-refractivity contribution in [1.29, 1.82) is 0 Å². The van der Waals surface area contributed by atoms with Crippen molar-refractivity contribution in [3.05, 3.63) is 58.6 Å². The molecule has 0 unspecified atom stereocenters. The number of hydrogen-bond donors (Lipinski definition) is 1. The van der Waals surface area contributed by atoms with Gasteiger partial charge in [-0.3, -0.25) is 9.59 Å². The highest BCUT2D eigenvalue weighted by Crippen LogP contribution is 2.50. The molecule has 1 saturated carbocycles. The molecule has 2 aromatic rings. The van der Waals surface area contributed by atoms with Gasteiger partial charge >= 0.3 is 0 Å². The number of benzene rings is 2. The van der Waals surface area contributed by atoms with Crippen molar-refractivity contribution >= 4 is 33.4 Å². The van der Waals surface area contributed by atoms with E-state index >= 15 is 0 Å². The fraction of sp³-hybridized carbons (Fsp3) is 0.333. The maximum atomic E-state index is 13.2. The molecule has 6 heteroatoms. The quantitative estimate of drug-likeness (QED) is 0.722. The van der Waals surface area contributed by atoms with Crippen molar-refractivity contribution in [3.8, 4) is 5.75 Å². The summed E-state index contributed by atoms with van der Waals surface area (Å²) >= 11 is 3.48. The average Bonchev–Trinajstić information content (AvgIpc) is 3.47. The maximum Gasteiger partial charge on any atom is 0.243 e. The zero-order chi connectivity index (χ0) is 19.4. The Kier molecular flexibility index (Phi) is 5.85. The number of hydrogen-bond acceptors (Lipinski definition) is 3. The molecule has 1 fully saturated rings. The number of anilines is 1. The zero-order valence-corrected chi connectivity index (χ0v) is 17.1. The van der Waals surface area contributed by atoms with Crippen molar-refractivity contribution in [1.82, 2.24) is 4.90 Å². The predicted octanol–water partition coefficient (Wildman–Crippen LogP) is 3.98. The van der Waals surface area contributed by atoms with Crippen molar-refractivity contribution in [3.63, 3.8) is 0 Å². The molecule has 0 saturated heterocycles. The Morgan fingerprint density at radius 2 is 1.93 bits per heavy atom. The van der Waals surface area contributed by atoms with Crippen LogP contribution in [-0.4, -0.2) is 36.9 Å². The molecule has 0 aromatic heterocycles. The molecule has 0 spiro atoms. The number of ether oxygens (including phenoxy) is 1. The number of halogens is 1. The van der Waals surface area contributed by atoms with Crippen LogP contribution in [0.4, 0.5) is 5.69 Å². The molecule has 0 radical (unpaired) electrons. The third-order valence-corrected chi connectivity index (χ3v) is 5.39. The summed E-state index contributed by atoms with van der Waals surface area (Å²) < 4.78 is 6.13. The fourth-order valence-electron chi connectivity index (χ4n) is 3.24. The van der Waals surface area contributed by atoms with E-state index in [0.29, 0.717) is 18.0 Å². The summed E-state index contributed by atoms with van der Waals surface area (Å²) in [5.41, 5.74) is 1.17. The summed E-state index contributed by atoms with van der Waals surface area (Å²) in [6.07, 6.45) is 1.63. The molecule has 1 N–H and O–H groups in total. The highest BCUT2D eigenvalue weighted by Gasteiger charge is 2.53. The molecule has 1 aliphatic rings. The van der Waals surface area contributed by atoms with Gasteiger partial charge in [0, 0.05) is 22.8 Å². The Balaban J connectivity index is 1.69. The van der Waals surface area contributed by atoms with Gasteiger partial charge in [-0.15, -0.1) is 0 Å². The van der Waals surface area contributed by atoms with E-state index in [1.807, 2.05) is 43.3 Å². The van der Waals surface area contributed by atoms with Crippen LogP contribution < -0.4 is 10.1 Å². The van der Waals surface area contributed by atoms with Crippen LogP contribution in [0.5, 0.6) is 5.75 Å². The van der Waals surface area contributed by atoms with Crippen LogP contribution in [0.1, 0.15) is 25.3 Å². The van der Waals surface area contributed by atoms with E-state index < -0.39 is 5.41 Å². The van der Waals surface area contributed by atoms with E-state index in [1.54, 1.807) is 24.1 Å². The average molecular weight is 431 g/mol. The number of rotatable bonds is 7. The number of amides is 2. The van der Waals surface area contributed by atoms with Gasteiger partial charge in [0.05, 0.1) is 19.1 Å². The third-order valence-electron chi connectivity index (χ3n) is 4.89. The highest BCUT2D eigenvalue weighted by molar-refractivity contribution is 9.10. The summed E-state index contributed by atoms with van der Waals surface area (Å²) in [7, 11) is 1.58. The predicted molar refractivity (Wildman–Crippen MR) is 109 cm³/mol. The Bertz CT molecular complexity index is 849. The molecule has 0 aliphatic heterocycles. The van der Waals surface area contributed by atoms with Crippen LogP contribution in [0.3, 0.4) is 0 Å². The maximum absolute atomic E-state index is 13.2. The number of nitrogens with one attached hydrogen (secondary N) is 1. The minimum Gasteiger partial charge on any atom is -0.497 e. The molecule has 2 aromatic carbocycles. The van der Waals surface area contributed by atoms with Gasteiger partial charge in [-0.05, 0) is 49.6 Å². The van der Waals surface area contributed by atoms with Gasteiger partial charge in [0.15, 0.2) is 0 Å². The van der Waals surface area contributed by atoms with Crippen molar-refractivity contribution in [2.75, 3.05) is 25.5 Å². The third kappa shape index (κ3) is 4.33. The van der Waals surface area contributed by atoms with Gasteiger partial charge in [-0.2, -0.15) is 0 Å². The molecule has 3 rings (SSSR count). The van der Waals surface area contributed by atoms with Gasteiger partial charge in [-0.1, -0.05) is 34.1 Å². The Morgan fingerprint density at radius 3 is 2.56 bits per heavy atom. The summed E-state index contributed by atoms with van der Waals surface area (Å²) in [5.74, 6) is 0.468. The van der Waals surface area contributed by atoms with Crippen LogP contribution in [0.2, 0.25) is 0 Å². The molecule has 0 heterocycles. The molecule has 27 heavy (non-hydrogen) atoms. The van der Waals surface area contributed by atoms with Crippen molar-refractivity contribution in [2.45, 2.75) is 25.2 Å². The van der Waals surface area contributed by atoms with Gasteiger partial charge in [-0.25, -0.2) is 0 Å². The van der Waals surface area contributed by atoms with E-state index in [0.717, 1.165) is 22.9 Å². The van der Waals surface area contributed by atoms with Crippen LogP contribution in [0.25, 0.3) is 0 Å². The first-order valence-corrected chi connectivity index (χ1v) is 9.77. The minimum absolute atomic E-state index is 0.0175. The number of nitrogens with zero attached hydrogens (tertiary/aromatic N) is 1. The van der Waals surface area contributed by atoms with Gasteiger partial charge in [0.2, 0.25) is 11.8 Å². The standard InChI is InChI=1S/C21H23BrN2O3/c1-3-24(14-19(25)23-17-8-5-9-18(13-17)27-2)20(26)21(10-11-21)15-6-4-7-16(22)12-15/h4-9,12-13H,3,10-11,14H2,1-2H3,(H,23,25). The highest BCUT2D eigenvalue weighted by atomic mass is 79.9. The molecule has 0 bridgehead atoms. The second-order valence-electron chi connectivity index (χ2n) is 6.69. The fourth-order valence-corrected chi connectivity index (χ4v) is 3.64. The lowest BCUT2D eigenvalue weighted by Crippen LogP contribution is -2.43. The lowest BCUT2D eigenvalue weighted by Gasteiger charge is -2.26. The van der Waals surface area contributed by atoms with Crippen molar-refractivity contribution < 1.29 is 14.3 Å². The number of carbonyl (C=O) groups is 2. The minimum atomic E-state index is -0.490. The number of carbonyl (C=O) groups excluding carboxylic acids is 2. The lowest BCUT2D eigenvalue weighted by atomic mass is 9.94. The zero-order valence-electron chi connectivity index (χ0n) is 15.5. The lowest BCUT2D eigenvalue weighted by molar-refractivity contribution is -0.136. The summed E-state index contributed by atoms with van der Waals surface area (Å²) in [5, 5.41) is 2.84. The smallest absolute Gasteiger partial charge is 0.243 e. The van der Waals surface area contributed by atoms with Crippen LogP contribution in [-0.2, 0) is 15.0 Å². The largest absolute Gasteiger partial charge is 0.497 e. The molecule has 1 aliphatic carbocycles. The summed E-state index contributed by atoms with van der Waals surface area (Å²) in [4.78, 5) is 27.3. The molecule has 2 amide bonds. The Hall–Kier alpha value is -2.34. The monoisotopic (exact) mass is 430 g/mol. The van der Waals surface area contributed by atoms with E-state index in [4.69, 9.17) is 4.74 Å². The van der Waals surface area contributed by atoms with E-state index in [9.17, 15) is 9.59 Å². The van der Waals surface area contributed by atoms with Crippen LogP contribution in [0, 0.1) is 0 Å². The second-order valence-corrected chi connectivity index (χ2v) is 7.61. The number of methoxy groups -OCH3 is 1. The molecular formula is C21H23BrN2O3. The van der Waals surface area contributed by atoms with E-state index in [-0.39, 0.29) is 18.4 Å².